The molecule has 2 N–H and O–H groups in total. The minimum absolute atomic E-state index is 0.104. The lowest BCUT2D eigenvalue weighted by molar-refractivity contribution is 0.0944. The number of rotatable bonds is 9. The molecule has 0 saturated carbocycles. The second-order valence-corrected chi connectivity index (χ2v) is 6.17. The average molecular weight is 376 g/mol. The summed E-state index contributed by atoms with van der Waals surface area (Å²) >= 11 is 0. The first kappa shape index (κ1) is 19.5. The minimum atomic E-state index is -0.104. The van der Waals surface area contributed by atoms with Gasteiger partial charge in [0, 0.05) is 42.6 Å². The van der Waals surface area contributed by atoms with Crippen LogP contribution in [-0.4, -0.2) is 35.6 Å². The van der Waals surface area contributed by atoms with E-state index in [0.29, 0.717) is 31.1 Å². The fourth-order valence-electron chi connectivity index (χ4n) is 2.70. The number of nitrogens with one attached hydrogen (secondary N) is 2. The predicted octanol–water partition coefficient (Wildman–Crippen LogP) is 4.04. The van der Waals surface area contributed by atoms with E-state index in [1.165, 1.54) is 6.33 Å². The highest BCUT2D eigenvalue weighted by Crippen LogP contribution is 2.21. The van der Waals surface area contributed by atoms with Gasteiger partial charge in [-0.3, -0.25) is 4.79 Å². The predicted molar refractivity (Wildman–Crippen MR) is 111 cm³/mol. The van der Waals surface area contributed by atoms with Crippen LogP contribution in [0.5, 0.6) is 0 Å². The van der Waals surface area contributed by atoms with Gasteiger partial charge < -0.3 is 15.4 Å². The number of ether oxygens (including phenoxy) is 1. The molecule has 1 amide bonds. The van der Waals surface area contributed by atoms with E-state index in [1.54, 1.807) is 6.07 Å². The third-order valence-corrected chi connectivity index (χ3v) is 4.09. The van der Waals surface area contributed by atoms with Crippen LogP contribution in [0, 0.1) is 0 Å². The second-order valence-electron chi connectivity index (χ2n) is 6.17. The van der Waals surface area contributed by atoms with Gasteiger partial charge in [-0.25, -0.2) is 9.97 Å². The van der Waals surface area contributed by atoms with Crippen LogP contribution in [-0.2, 0) is 4.74 Å². The molecule has 0 bridgehead atoms. The van der Waals surface area contributed by atoms with Gasteiger partial charge in [0.25, 0.3) is 5.91 Å². The van der Waals surface area contributed by atoms with Crippen molar-refractivity contribution in [3.05, 3.63) is 72.6 Å². The maximum atomic E-state index is 12.3. The number of carbonyl (C=O) groups excluding carboxylic acids is 1. The summed E-state index contributed by atoms with van der Waals surface area (Å²) in [7, 11) is 0. The van der Waals surface area contributed by atoms with Crippen molar-refractivity contribution in [1.29, 1.82) is 0 Å². The highest BCUT2D eigenvalue weighted by Gasteiger charge is 2.07. The first-order chi connectivity index (χ1) is 13.8. The van der Waals surface area contributed by atoms with Crippen molar-refractivity contribution in [2.24, 2.45) is 0 Å². The molecular weight excluding hydrogens is 352 g/mol. The molecule has 3 rings (SSSR count). The van der Waals surface area contributed by atoms with Crippen LogP contribution in [0.3, 0.4) is 0 Å². The second kappa shape index (κ2) is 10.2. The molecule has 1 aromatic heterocycles. The van der Waals surface area contributed by atoms with E-state index in [9.17, 15) is 4.79 Å². The summed E-state index contributed by atoms with van der Waals surface area (Å²) < 4.78 is 5.27. The Hall–Kier alpha value is -3.25. The van der Waals surface area contributed by atoms with Gasteiger partial charge in [-0.2, -0.15) is 0 Å². The Balaban J connectivity index is 1.64. The minimum Gasteiger partial charge on any atom is -0.382 e. The average Bonchev–Trinajstić information content (AvgIpc) is 2.74. The lowest BCUT2D eigenvalue weighted by Crippen LogP contribution is -2.25. The van der Waals surface area contributed by atoms with E-state index in [1.807, 2.05) is 61.5 Å². The number of aromatic nitrogens is 2. The number of carbonyl (C=O) groups is 1. The van der Waals surface area contributed by atoms with E-state index in [4.69, 9.17) is 4.74 Å². The summed E-state index contributed by atoms with van der Waals surface area (Å²) in [5, 5.41) is 6.15. The molecular formula is C22H24N4O2. The molecule has 28 heavy (non-hydrogen) atoms. The Morgan fingerprint density at radius 3 is 2.71 bits per heavy atom. The molecule has 3 aromatic rings. The number of nitrogens with zero attached hydrogens (tertiary/aromatic N) is 2. The van der Waals surface area contributed by atoms with Gasteiger partial charge in [0.05, 0.1) is 5.69 Å². The van der Waals surface area contributed by atoms with Gasteiger partial charge >= 0.3 is 0 Å². The molecule has 6 heteroatoms. The third-order valence-electron chi connectivity index (χ3n) is 4.09. The molecule has 0 aliphatic rings. The Morgan fingerprint density at radius 2 is 1.89 bits per heavy atom. The van der Waals surface area contributed by atoms with Crippen molar-refractivity contribution in [1.82, 2.24) is 15.3 Å². The highest BCUT2D eigenvalue weighted by atomic mass is 16.5. The standard InChI is InChI=1S/C22H24N4O2/c1-2-28-13-7-12-23-22(27)18-10-6-11-19(14-18)26-21-15-20(24-16-25-21)17-8-4-3-5-9-17/h3-6,8-11,14-16H,2,7,12-13H2,1H3,(H,23,27)(H,24,25,26). The zero-order valence-electron chi connectivity index (χ0n) is 15.9. The van der Waals surface area contributed by atoms with Crippen molar-refractivity contribution in [3.63, 3.8) is 0 Å². The summed E-state index contributed by atoms with van der Waals surface area (Å²) in [6.45, 7) is 3.88. The van der Waals surface area contributed by atoms with Crippen LogP contribution < -0.4 is 10.6 Å². The van der Waals surface area contributed by atoms with E-state index in [-0.39, 0.29) is 5.91 Å². The van der Waals surface area contributed by atoms with Crippen molar-refractivity contribution in [3.8, 4) is 11.3 Å². The largest absolute Gasteiger partial charge is 0.382 e. The van der Waals surface area contributed by atoms with E-state index < -0.39 is 0 Å². The van der Waals surface area contributed by atoms with Crippen molar-refractivity contribution in [2.45, 2.75) is 13.3 Å². The number of hydrogen-bond donors (Lipinski definition) is 2. The lowest BCUT2D eigenvalue weighted by Gasteiger charge is -2.09. The van der Waals surface area contributed by atoms with Gasteiger partial charge in [0.1, 0.15) is 12.1 Å². The zero-order valence-corrected chi connectivity index (χ0v) is 15.9. The highest BCUT2D eigenvalue weighted by molar-refractivity contribution is 5.95. The van der Waals surface area contributed by atoms with Gasteiger partial charge in [0.2, 0.25) is 0 Å². The number of benzene rings is 2. The van der Waals surface area contributed by atoms with Crippen molar-refractivity contribution < 1.29 is 9.53 Å². The molecule has 1 heterocycles. The Morgan fingerprint density at radius 1 is 1.04 bits per heavy atom. The van der Waals surface area contributed by atoms with Crippen LogP contribution in [0.4, 0.5) is 11.5 Å². The number of anilines is 2. The van der Waals surface area contributed by atoms with Crippen LogP contribution in [0.1, 0.15) is 23.7 Å². The van der Waals surface area contributed by atoms with Crippen molar-refractivity contribution >= 4 is 17.4 Å². The van der Waals surface area contributed by atoms with Crippen LogP contribution in [0.15, 0.2) is 67.0 Å². The first-order valence-corrected chi connectivity index (χ1v) is 9.37. The molecule has 0 unspecified atom stereocenters. The number of amides is 1. The lowest BCUT2D eigenvalue weighted by atomic mass is 10.1. The quantitative estimate of drug-likeness (QED) is 0.551. The van der Waals surface area contributed by atoms with Gasteiger partial charge in [0.15, 0.2) is 0 Å². The summed E-state index contributed by atoms with van der Waals surface area (Å²) in [6.07, 6.45) is 2.32. The fraction of sp³-hybridized carbons (Fsp3) is 0.227. The Labute approximate surface area is 165 Å². The molecule has 0 aliphatic heterocycles. The zero-order chi connectivity index (χ0) is 19.6. The molecule has 0 radical (unpaired) electrons. The molecule has 144 valence electrons. The fourth-order valence-corrected chi connectivity index (χ4v) is 2.70. The summed E-state index contributed by atoms with van der Waals surface area (Å²) in [5.41, 5.74) is 3.24. The molecule has 6 nitrogen and oxygen atoms in total. The molecule has 2 aromatic carbocycles. The van der Waals surface area contributed by atoms with Crippen LogP contribution in [0.25, 0.3) is 11.3 Å². The SMILES string of the molecule is CCOCCCNC(=O)c1cccc(Nc2cc(-c3ccccc3)ncn2)c1. The maximum Gasteiger partial charge on any atom is 0.251 e. The Bertz CT molecular complexity index is 900. The smallest absolute Gasteiger partial charge is 0.251 e. The molecule has 0 spiro atoms. The van der Waals surface area contributed by atoms with Crippen LogP contribution in [0.2, 0.25) is 0 Å². The molecule has 0 saturated heterocycles. The van der Waals surface area contributed by atoms with E-state index >= 15 is 0 Å². The normalized spacial score (nSPS) is 10.5. The first-order valence-electron chi connectivity index (χ1n) is 9.37. The van der Waals surface area contributed by atoms with Gasteiger partial charge in [-0.05, 0) is 31.5 Å². The summed E-state index contributed by atoms with van der Waals surface area (Å²) in [6, 6.07) is 19.1. The van der Waals surface area contributed by atoms with E-state index in [0.717, 1.165) is 23.4 Å². The Kier molecular flexibility index (Phi) is 7.09. The maximum absolute atomic E-state index is 12.3. The van der Waals surface area contributed by atoms with E-state index in [2.05, 4.69) is 20.6 Å². The van der Waals surface area contributed by atoms with Gasteiger partial charge in [-0.15, -0.1) is 0 Å². The van der Waals surface area contributed by atoms with Crippen molar-refractivity contribution in [2.75, 3.05) is 25.1 Å². The molecule has 0 aliphatic carbocycles. The van der Waals surface area contributed by atoms with Crippen LogP contribution >= 0.6 is 0 Å². The topological polar surface area (TPSA) is 76.1 Å². The monoisotopic (exact) mass is 376 g/mol. The summed E-state index contributed by atoms with van der Waals surface area (Å²) in [4.78, 5) is 20.9. The number of hydrogen-bond acceptors (Lipinski definition) is 5. The molecule has 0 fully saturated rings. The van der Waals surface area contributed by atoms with Gasteiger partial charge in [-0.1, -0.05) is 36.4 Å². The summed E-state index contributed by atoms with van der Waals surface area (Å²) in [5.74, 6) is 0.566. The third kappa shape index (κ3) is 5.62. The molecule has 0 atom stereocenters.